The molecule has 4 heterocycles. The molecule has 4 aliphatic rings. The summed E-state index contributed by atoms with van der Waals surface area (Å²) in [7, 11) is -3.72. The van der Waals surface area contributed by atoms with Crippen LogP contribution in [0.4, 0.5) is 9.18 Å². The number of aliphatic hydroxyl groups excluding tert-OH is 1. The Morgan fingerprint density at radius 1 is 1.27 bits per heavy atom. The minimum absolute atomic E-state index is 0.166. The van der Waals surface area contributed by atoms with Gasteiger partial charge in [-0.25, -0.2) is 9.37 Å². The van der Waals surface area contributed by atoms with Crippen LogP contribution in [-0.2, 0) is 29.1 Å². The largest absolute Gasteiger partial charge is 0.463 e. The molecule has 40 heavy (non-hydrogen) atoms. The molecule has 0 bridgehead atoms. The first kappa shape index (κ1) is 25.5. The van der Waals surface area contributed by atoms with Crippen LogP contribution in [0.15, 0.2) is 16.9 Å². The number of amides is 1. The summed E-state index contributed by atoms with van der Waals surface area (Å²) < 4.78 is 21.9. The third-order valence-corrected chi connectivity index (χ3v) is 13.0. The van der Waals surface area contributed by atoms with E-state index in [4.69, 9.17) is 9.72 Å². The molecule has 1 saturated carbocycles. The van der Waals surface area contributed by atoms with E-state index >= 15 is 4.39 Å². The van der Waals surface area contributed by atoms with E-state index in [1.165, 1.54) is 6.07 Å². The van der Waals surface area contributed by atoms with E-state index in [-0.39, 0.29) is 48.6 Å². The highest BCUT2D eigenvalue weighted by Gasteiger charge is 2.50. The first-order valence-electron chi connectivity index (χ1n) is 13.9. The van der Waals surface area contributed by atoms with E-state index in [9.17, 15) is 24.3 Å². The summed E-state index contributed by atoms with van der Waals surface area (Å²) in [6.07, 6.45) is 3.24. The summed E-state index contributed by atoms with van der Waals surface area (Å²) in [5.74, 6) is -0.557. The smallest absolute Gasteiger partial charge is 0.347 e. The number of carbonyl (C=O) groups excluding carboxylic acids is 2. The van der Waals surface area contributed by atoms with Crippen molar-refractivity contribution in [1.29, 1.82) is 0 Å². The molecule has 3 aromatic rings. The zero-order valence-electron chi connectivity index (χ0n) is 22.4. The fraction of sp³-hybridized carbons (Fsp3) is 0.448. The minimum atomic E-state index is -3.72. The topological polar surface area (TPSA) is 131 Å². The second kappa shape index (κ2) is 8.54. The quantitative estimate of drug-likeness (QED) is 0.325. The van der Waals surface area contributed by atoms with Crippen LogP contribution < -0.4 is 16.1 Å². The number of carbonyl (C=O) groups is 2. The monoisotopic (exact) mass is 563 g/mol. The maximum atomic E-state index is 15.1. The van der Waals surface area contributed by atoms with Gasteiger partial charge in [-0.05, 0) is 66.6 Å². The van der Waals surface area contributed by atoms with Gasteiger partial charge in [0.25, 0.3) is 5.56 Å². The van der Waals surface area contributed by atoms with Gasteiger partial charge in [0.15, 0.2) is 0 Å². The van der Waals surface area contributed by atoms with Crippen molar-refractivity contribution in [3.05, 3.63) is 56.1 Å². The number of cyclic esters (lactones) is 1. The molecule has 2 aliphatic carbocycles. The minimum Gasteiger partial charge on any atom is -0.463 e. The SMILES string of the molecule is CC[Si@@]1(O)C(=O)OCc2c1cc1n(c2=O)Cc2c-1nc1cc(F)c(C)c3c1c2[C@@H](NC(=O)C1(CO)CCC1)CC3. The van der Waals surface area contributed by atoms with Crippen molar-refractivity contribution in [1.82, 2.24) is 14.9 Å². The van der Waals surface area contributed by atoms with E-state index < -0.39 is 25.4 Å². The molecule has 0 spiro atoms. The van der Waals surface area contributed by atoms with Crippen LogP contribution in [0, 0.1) is 18.2 Å². The van der Waals surface area contributed by atoms with Crippen molar-refractivity contribution < 1.29 is 28.6 Å². The maximum Gasteiger partial charge on any atom is 0.347 e. The molecule has 2 atom stereocenters. The zero-order chi connectivity index (χ0) is 28.1. The Labute approximate surface area is 230 Å². The van der Waals surface area contributed by atoms with Gasteiger partial charge in [-0.15, -0.1) is 0 Å². The Balaban J connectivity index is 1.46. The molecular formula is C29H30FN3O6Si. The molecule has 0 unspecified atom stereocenters. The van der Waals surface area contributed by atoms with E-state index in [0.717, 1.165) is 28.5 Å². The fourth-order valence-corrected chi connectivity index (χ4v) is 9.33. The van der Waals surface area contributed by atoms with Crippen molar-refractivity contribution >= 4 is 35.9 Å². The highest BCUT2D eigenvalue weighted by molar-refractivity contribution is 7.09. The van der Waals surface area contributed by atoms with Crippen LogP contribution >= 0.6 is 0 Å². The molecule has 2 aliphatic heterocycles. The molecule has 1 fully saturated rings. The summed E-state index contributed by atoms with van der Waals surface area (Å²) in [4.78, 5) is 55.9. The van der Waals surface area contributed by atoms with E-state index in [2.05, 4.69) is 5.32 Å². The lowest BCUT2D eigenvalue weighted by atomic mass is 9.68. The number of aliphatic hydroxyl groups is 1. The number of hydrogen-bond acceptors (Lipinski definition) is 7. The van der Waals surface area contributed by atoms with E-state index in [1.807, 2.05) is 0 Å². The van der Waals surface area contributed by atoms with Crippen LogP contribution in [0.25, 0.3) is 22.3 Å². The van der Waals surface area contributed by atoms with Gasteiger partial charge in [0.05, 0.1) is 47.1 Å². The van der Waals surface area contributed by atoms with Crippen LogP contribution in [0.3, 0.4) is 0 Å². The third-order valence-electron chi connectivity index (χ3n) is 9.78. The number of nitrogens with zero attached hydrogens (tertiary/aromatic N) is 2. The van der Waals surface area contributed by atoms with Gasteiger partial charge < -0.3 is 24.5 Å². The molecule has 0 saturated heterocycles. The van der Waals surface area contributed by atoms with Gasteiger partial charge in [0, 0.05) is 17.0 Å². The molecule has 0 radical (unpaired) electrons. The average molecular weight is 564 g/mol. The first-order chi connectivity index (χ1) is 19.1. The lowest BCUT2D eigenvalue weighted by molar-refractivity contribution is -0.140. The molecule has 9 nitrogen and oxygen atoms in total. The Morgan fingerprint density at radius 2 is 2.05 bits per heavy atom. The lowest BCUT2D eigenvalue weighted by Crippen LogP contribution is -2.61. The standard InChI is InChI=1S/C29H30FN3O6Si/c1-3-40(38)22-10-21-25-16(11-33(21)26(35)17(22)12-39-28(40)37)24-19(32-27(36)29(13-34)7-4-8-29)6-5-15-14(2)18(30)9-20(31-25)23(15)24/h9-10,19,34,38H,3-8,11-13H2,1-2H3,(H,32,36)/t19-,40-/m0/s1. The highest BCUT2D eigenvalue weighted by atomic mass is 28.4. The van der Waals surface area contributed by atoms with Crippen LogP contribution in [0.5, 0.6) is 0 Å². The van der Waals surface area contributed by atoms with Crippen LogP contribution in [-0.4, -0.2) is 45.9 Å². The van der Waals surface area contributed by atoms with Gasteiger partial charge in [0.1, 0.15) is 12.4 Å². The predicted octanol–water partition coefficient (Wildman–Crippen LogP) is 2.54. The molecule has 2 aromatic heterocycles. The van der Waals surface area contributed by atoms with Crippen molar-refractivity contribution in [2.24, 2.45) is 5.41 Å². The predicted molar refractivity (Wildman–Crippen MR) is 146 cm³/mol. The van der Waals surface area contributed by atoms with Crippen molar-refractivity contribution in [2.75, 3.05) is 6.61 Å². The number of ether oxygens (including phenoxy) is 1. The Hall–Kier alpha value is -3.41. The van der Waals surface area contributed by atoms with E-state index in [0.29, 0.717) is 53.3 Å². The van der Waals surface area contributed by atoms with Crippen LogP contribution in [0.1, 0.15) is 66.5 Å². The van der Waals surface area contributed by atoms with Gasteiger partial charge >= 0.3 is 13.9 Å². The van der Waals surface area contributed by atoms with Gasteiger partial charge in [-0.1, -0.05) is 13.3 Å². The summed E-state index contributed by atoms with van der Waals surface area (Å²) in [6, 6.07) is 2.86. The Morgan fingerprint density at radius 3 is 2.73 bits per heavy atom. The molecular weight excluding hydrogens is 533 g/mol. The van der Waals surface area contributed by atoms with Gasteiger partial charge in [-0.3, -0.25) is 14.4 Å². The van der Waals surface area contributed by atoms with Crippen LogP contribution in [0.2, 0.25) is 6.04 Å². The van der Waals surface area contributed by atoms with Gasteiger partial charge in [-0.2, -0.15) is 0 Å². The van der Waals surface area contributed by atoms with Crippen molar-refractivity contribution in [3.8, 4) is 11.4 Å². The second-order valence-corrected chi connectivity index (χ2v) is 15.0. The van der Waals surface area contributed by atoms with Crippen molar-refractivity contribution in [2.45, 2.75) is 71.2 Å². The number of aryl methyl sites for hydroxylation is 1. The third kappa shape index (κ3) is 3.19. The second-order valence-electron chi connectivity index (χ2n) is 11.7. The molecule has 1 amide bonds. The number of fused-ring (bicyclic) bond motifs is 5. The summed E-state index contributed by atoms with van der Waals surface area (Å²) >= 11 is 0. The zero-order valence-corrected chi connectivity index (χ0v) is 23.4. The molecule has 1 aromatic carbocycles. The molecule has 7 rings (SSSR count). The number of halogens is 1. The Bertz CT molecular complexity index is 1730. The fourth-order valence-electron chi connectivity index (χ4n) is 7.07. The average Bonchev–Trinajstić information content (AvgIpc) is 3.28. The number of rotatable bonds is 4. The maximum absolute atomic E-state index is 15.1. The Kier molecular flexibility index (Phi) is 5.46. The molecule has 3 N–H and O–H groups in total. The first-order valence-corrected chi connectivity index (χ1v) is 16.0. The number of nitrogens with one attached hydrogen (secondary N) is 1. The normalized spacial score (nSPS) is 23.6. The van der Waals surface area contributed by atoms with Crippen molar-refractivity contribution in [3.63, 3.8) is 0 Å². The summed E-state index contributed by atoms with van der Waals surface area (Å²) in [5, 5.41) is 14.3. The number of aromatic nitrogens is 2. The highest BCUT2D eigenvalue weighted by Crippen LogP contribution is 2.46. The molecule has 11 heteroatoms. The number of hydrogen-bond donors (Lipinski definition) is 3. The summed E-state index contributed by atoms with van der Waals surface area (Å²) in [6.45, 7) is 3.24. The molecule has 208 valence electrons. The lowest BCUT2D eigenvalue weighted by Gasteiger charge is -2.40. The number of pyridine rings is 2. The summed E-state index contributed by atoms with van der Waals surface area (Å²) in [5.41, 5.74) is 2.87. The van der Waals surface area contributed by atoms with E-state index in [1.54, 1.807) is 24.5 Å². The number of benzene rings is 1. The van der Waals surface area contributed by atoms with Gasteiger partial charge in [0.2, 0.25) is 5.91 Å².